The first kappa shape index (κ1) is 17.8. The van der Waals surface area contributed by atoms with Gasteiger partial charge in [-0.3, -0.25) is 0 Å². The minimum atomic E-state index is -0.658. The zero-order valence-corrected chi connectivity index (χ0v) is 15.1. The minimum Gasteiger partial charge on any atom is -0.392 e. The van der Waals surface area contributed by atoms with Crippen LogP contribution in [0.15, 0.2) is 0 Å². The lowest BCUT2D eigenvalue weighted by Gasteiger charge is -2.63. The van der Waals surface area contributed by atoms with E-state index in [0.717, 1.165) is 19.3 Å². The molecule has 0 radical (unpaired) electrons. The van der Waals surface area contributed by atoms with E-state index in [2.05, 4.69) is 11.8 Å². The Bertz CT molecular complexity index is 540. The maximum Gasteiger partial charge on any atom is 0.198 e. The van der Waals surface area contributed by atoms with E-state index in [1.807, 2.05) is 0 Å². The molecule has 5 nitrogen and oxygen atoms in total. The van der Waals surface area contributed by atoms with Gasteiger partial charge in [0, 0.05) is 19.4 Å². The maximum absolute atomic E-state index is 10.5. The zero-order valence-electron chi connectivity index (χ0n) is 15.1. The molecule has 0 unspecified atom stereocenters. The van der Waals surface area contributed by atoms with Crippen molar-refractivity contribution in [3.8, 4) is 11.8 Å². The minimum absolute atomic E-state index is 0.0883. The highest BCUT2D eigenvalue weighted by Gasteiger charge is 2.73. The van der Waals surface area contributed by atoms with Crippen LogP contribution in [0.25, 0.3) is 0 Å². The highest BCUT2D eigenvalue weighted by Crippen LogP contribution is 2.62. The van der Waals surface area contributed by atoms with E-state index in [4.69, 9.17) is 14.2 Å². The summed E-state index contributed by atoms with van der Waals surface area (Å²) in [5, 5.41) is 21.0. The lowest BCUT2D eigenvalue weighted by Crippen LogP contribution is -2.74. The molecule has 1 aliphatic heterocycles. The van der Waals surface area contributed by atoms with E-state index in [9.17, 15) is 10.2 Å². The zero-order chi connectivity index (χ0) is 17.5. The number of ether oxygens (including phenoxy) is 3. The lowest BCUT2D eigenvalue weighted by atomic mass is 9.52. The number of hydrogen-bond acceptors (Lipinski definition) is 5. The molecule has 0 aromatic rings. The van der Waals surface area contributed by atoms with Gasteiger partial charge in [-0.15, -0.1) is 0 Å². The van der Waals surface area contributed by atoms with E-state index in [1.165, 1.54) is 19.3 Å². The molecule has 1 saturated heterocycles. The van der Waals surface area contributed by atoms with Gasteiger partial charge in [0.25, 0.3) is 0 Å². The number of rotatable bonds is 2. The van der Waals surface area contributed by atoms with E-state index in [1.54, 1.807) is 7.11 Å². The first-order valence-corrected chi connectivity index (χ1v) is 9.82. The molecule has 140 valence electrons. The average Bonchev–Trinajstić information content (AvgIpc) is 3.14. The van der Waals surface area contributed by atoms with Crippen LogP contribution in [-0.2, 0) is 14.2 Å². The molecule has 5 atom stereocenters. The number of aliphatic hydroxyl groups is 2. The first-order chi connectivity index (χ1) is 12.1. The molecule has 0 amide bonds. The molecule has 25 heavy (non-hydrogen) atoms. The summed E-state index contributed by atoms with van der Waals surface area (Å²) >= 11 is 0. The second-order valence-corrected chi connectivity index (χ2v) is 8.12. The molecule has 2 N–H and O–H groups in total. The fourth-order valence-corrected chi connectivity index (χ4v) is 5.55. The second-order valence-electron chi connectivity index (χ2n) is 8.12. The predicted octanol–water partition coefficient (Wildman–Crippen LogP) is 1.85. The van der Waals surface area contributed by atoms with Crippen LogP contribution in [0.3, 0.4) is 0 Å². The number of aliphatic hydroxyl groups excluding tert-OH is 2. The highest BCUT2D eigenvalue weighted by atomic mass is 16.8. The normalized spacial score (nSPS) is 41.5. The summed E-state index contributed by atoms with van der Waals surface area (Å²) in [6.45, 7) is 1.19. The van der Waals surface area contributed by atoms with Gasteiger partial charge in [-0.05, 0) is 31.6 Å². The summed E-state index contributed by atoms with van der Waals surface area (Å²) in [5.41, 5.74) is -0.516. The monoisotopic (exact) mass is 350 g/mol. The summed E-state index contributed by atoms with van der Waals surface area (Å²) in [7, 11) is 1.71. The Hall–Kier alpha value is -0.640. The van der Waals surface area contributed by atoms with E-state index < -0.39 is 23.6 Å². The van der Waals surface area contributed by atoms with Gasteiger partial charge in [0.15, 0.2) is 5.79 Å². The van der Waals surface area contributed by atoms with Crippen molar-refractivity contribution < 1.29 is 24.4 Å². The average molecular weight is 350 g/mol. The van der Waals surface area contributed by atoms with Gasteiger partial charge in [-0.2, -0.15) is 0 Å². The van der Waals surface area contributed by atoms with Gasteiger partial charge in [0.2, 0.25) is 0 Å². The van der Waals surface area contributed by atoms with Crippen LogP contribution in [0.1, 0.15) is 51.4 Å². The third-order valence-electron chi connectivity index (χ3n) is 7.00. The topological polar surface area (TPSA) is 68.2 Å². The van der Waals surface area contributed by atoms with Crippen molar-refractivity contribution in [1.82, 2.24) is 0 Å². The van der Waals surface area contributed by atoms with Gasteiger partial charge in [0.05, 0.1) is 25.2 Å². The molecular weight excluding hydrogens is 320 g/mol. The van der Waals surface area contributed by atoms with E-state index in [0.29, 0.717) is 26.1 Å². The SMILES string of the molecule is CO[C@]12CC[C@@H](O)[C@H](C#C[C@@H](O)C3CCCCC3)[C@H]1CC21OCCO1. The Kier molecular flexibility index (Phi) is 4.85. The molecule has 4 fully saturated rings. The predicted molar refractivity (Wildman–Crippen MR) is 91.6 cm³/mol. The van der Waals surface area contributed by atoms with Crippen LogP contribution in [0.4, 0.5) is 0 Å². The standard InChI is InChI=1S/C20H30O5/c1-23-19-10-9-18(22)15(16(19)13-20(19)24-11-12-25-20)7-8-17(21)14-5-3-2-4-6-14/h14-18,21-22H,2-6,9-13H2,1H3/t15-,16-,17-,18-,19-/m1/s1. The van der Waals surface area contributed by atoms with Gasteiger partial charge in [-0.1, -0.05) is 31.1 Å². The van der Waals surface area contributed by atoms with Crippen LogP contribution in [0.2, 0.25) is 0 Å². The maximum atomic E-state index is 10.5. The summed E-state index contributed by atoms with van der Waals surface area (Å²) in [4.78, 5) is 0. The lowest BCUT2D eigenvalue weighted by molar-refractivity contribution is -0.381. The van der Waals surface area contributed by atoms with Gasteiger partial charge in [0.1, 0.15) is 11.7 Å². The van der Waals surface area contributed by atoms with Crippen molar-refractivity contribution in [2.75, 3.05) is 20.3 Å². The summed E-state index contributed by atoms with van der Waals surface area (Å²) in [6.07, 6.45) is 6.73. The summed E-state index contributed by atoms with van der Waals surface area (Å²) < 4.78 is 17.8. The van der Waals surface area contributed by atoms with E-state index >= 15 is 0 Å². The third kappa shape index (κ3) is 2.74. The molecule has 1 spiro atoms. The Morgan fingerprint density at radius 1 is 1.12 bits per heavy atom. The molecule has 3 aliphatic carbocycles. The summed E-state index contributed by atoms with van der Waals surface area (Å²) in [6, 6.07) is 0. The van der Waals surface area contributed by atoms with Crippen molar-refractivity contribution in [3.63, 3.8) is 0 Å². The van der Waals surface area contributed by atoms with E-state index in [-0.39, 0.29) is 17.8 Å². The molecule has 4 rings (SSSR count). The molecule has 0 bridgehead atoms. The molecule has 1 heterocycles. The van der Waals surface area contributed by atoms with Crippen molar-refractivity contribution in [2.24, 2.45) is 17.8 Å². The first-order valence-electron chi connectivity index (χ1n) is 9.82. The Morgan fingerprint density at radius 2 is 1.84 bits per heavy atom. The second kappa shape index (κ2) is 6.83. The summed E-state index contributed by atoms with van der Waals surface area (Å²) in [5.74, 6) is 5.81. The highest BCUT2D eigenvalue weighted by molar-refractivity contribution is 5.24. The largest absolute Gasteiger partial charge is 0.392 e. The number of fused-ring (bicyclic) bond motifs is 2. The van der Waals surface area contributed by atoms with Gasteiger partial charge >= 0.3 is 0 Å². The van der Waals surface area contributed by atoms with Crippen LogP contribution in [-0.4, -0.2) is 54.1 Å². The fourth-order valence-electron chi connectivity index (χ4n) is 5.55. The van der Waals surface area contributed by atoms with Crippen LogP contribution < -0.4 is 0 Å². The Balaban J connectivity index is 1.51. The fraction of sp³-hybridized carbons (Fsp3) is 0.900. The third-order valence-corrected chi connectivity index (χ3v) is 7.00. The molecule has 4 aliphatic rings. The van der Waals surface area contributed by atoms with Gasteiger partial charge < -0.3 is 24.4 Å². The van der Waals surface area contributed by atoms with Crippen molar-refractivity contribution >= 4 is 0 Å². The van der Waals surface area contributed by atoms with Crippen LogP contribution in [0, 0.1) is 29.6 Å². The quantitative estimate of drug-likeness (QED) is 0.744. The molecule has 3 saturated carbocycles. The number of hydrogen-bond donors (Lipinski definition) is 2. The molecule has 0 aromatic carbocycles. The molecule has 0 aromatic heterocycles. The van der Waals surface area contributed by atoms with Crippen molar-refractivity contribution in [1.29, 1.82) is 0 Å². The smallest absolute Gasteiger partial charge is 0.198 e. The Morgan fingerprint density at radius 3 is 2.52 bits per heavy atom. The van der Waals surface area contributed by atoms with Gasteiger partial charge in [-0.25, -0.2) is 0 Å². The number of methoxy groups -OCH3 is 1. The van der Waals surface area contributed by atoms with Crippen molar-refractivity contribution in [3.05, 3.63) is 0 Å². The van der Waals surface area contributed by atoms with Crippen LogP contribution in [0.5, 0.6) is 0 Å². The van der Waals surface area contributed by atoms with Crippen LogP contribution >= 0.6 is 0 Å². The molecular formula is C20H30O5. The molecule has 5 heteroatoms. The Labute approximate surface area is 150 Å². The van der Waals surface area contributed by atoms with Crippen molar-refractivity contribution in [2.45, 2.75) is 75.0 Å².